The number of hydrogen-bond donors (Lipinski definition) is 0. The molecule has 2 aromatic rings. The number of benzene rings is 1. The summed E-state index contributed by atoms with van der Waals surface area (Å²) in [6.07, 6.45) is 4.49. The van der Waals surface area contributed by atoms with Crippen molar-refractivity contribution in [1.29, 1.82) is 0 Å². The van der Waals surface area contributed by atoms with Gasteiger partial charge in [-0.2, -0.15) is 0 Å². The number of aromatic nitrogens is 1. The Morgan fingerprint density at radius 3 is 2.88 bits per heavy atom. The maximum atomic E-state index is 12.9. The topological polar surface area (TPSA) is 49.6 Å². The first-order valence-electron chi connectivity index (χ1n) is 9.23. The molecule has 0 saturated carbocycles. The van der Waals surface area contributed by atoms with E-state index in [1.807, 2.05) is 11.0 Å². The molecule has 5 heteroatoms. The number of rotatable bonds is 4. The zero-order valence-electron chi connectivity index (χ0n) is 15.2. The first-order chi connectivity index (χ1) is 12.6. The standard InChI is InChI=1S/C21H25N3O2/c1-3-10-23-13-18-14-24(20(25)19-12-22-26-16(19)2)11-9-21(18,15-23)17-7-5-4-6-8-17/h3-8,12,18H,1,9-11,13-15H2,2H3/t18-,21+/m1/s1. The van der Waals surface area contributed by atoms with Crippen LogP contribution in [0.1, 0.15) is 28.1 Å². The Morgan fingerprint density at radius 2 is 2.19 bits per heavy atom. The van der Waals surface area contributed by atoms with Crippen LogP contribution in [0.2, 0.25) is 0 Å². The summed E-state index contributed by atoms with van der Waals surface area (Å²) in [5.74, 6) is 1.05. The maximum Gasteiger partial charge on any atom is 0.259 e. The SMILES string of the molecule is C=CCN1C[C@@H]2CN(C(=O)c3cnoc3C)CC[C@@]2(c2ccccc2)C1. The lowest BCUT2D eigenvalue weighted by atomic mass is 9.68. The van der Waals surface area contributed by atoms with Crippen molar-refractivity contribution < 1.29 is 9.32 Å². The highest BCUT2D eigenvalue weighted by Crippen LogP contribution is 2.45. The lowest BCUT2D eigenvalue weighted by Gasteiger charge is -2.44. The fourth-order valence-corrected chi connectivity index (χ4v) is 4.71. The van der Waals surface area contributed by atoms with Gasteiger partial charge in [0.25, 0.3) is 5.91 Å². The third-order valence-electron chi connectivity index (χ3n) is 6.04. The molecule has 2 fully saturated rings. The molecule has 2 aliphatic heterocycles. The van der Waals surface area contributed by atoms with Crippen LogP contribution >= 0.6 is 0 Å². The van der Waals surface area contributed by atoms with Crippen LogP contribution in [0.25, 0.3) is 0 Å². The first kappa shape index (κ1) is 17.0. The Bertz CT molecular complexity index is 801. The first-order valence-corrected chi connectivity index (χ1v) is 9.23. The molecule has 1 aromatic carbocycles. The maximum absolute atomic E-state index is 12.9. The third kappa shape index (κ3) is 2.76. The summed E-state index contributed by atoms with van der Waals surface area (Å²) in [4.78, 5) is 17.4. The smallest absolute Gasteiger partial charge is 0.259 e. The minimum atomic E-state index is 0.0348. The van der Waals surface area contributed by atoms with Crippen LogP contribution in [0.5, 0.6) is 0 Å². The molecule has 2 atom stereocenters. The Hall–Kier alpha value is -2.40. The van der Waals surface area contributed by atoms with Crippen molar-refractivity contribution in [3.8, 4) is 0 Å². The van der Waals surface area contributed by atoms with E-state index in [0.717, 1.165) is 39.1 Å². The van der Waals surface area contributed by atoms with E-state index in [0.29, 0.717) is 17.2 Å². The Balaban J connectivity index is 1.61. The van der Waals surface area contributed by atoms with Gasteiger partial charge in [-0.15, -0.1) is 6.58 Å². The molecule has 4 rings (SSSR count). The van der Waals surface area contributed by atoms with Crippen molar-refractivity contribution in [3.63, 3.8) is 0 Å². The minimum Gasteiger partial charge on any atom is -0.361 e. The number of carbonyl (C=O) groups excluding carboxylic acids is 1. The second-order valence-electron chi connectivity index (χ2n) is 7.50. The highest BCUT2D eigenvalue weighted by atomic mass is 16.5. The fourth-order valence-electron chi connectivity index (χ4n) is 4.71. The van der Waals surface area contributed by atoms with Crippen molar-refractivity contribution in [1.82, 2.24) is 15.0 Å². The van der Waals surface area contributed by atoms with E-state index in [4.69, 9.17) is 4.52 Å². The van der Waals surface area contributed by atoms with Gasteiger partial charge in [0.05, 0.1) is 6.20 Å². The number of likely N-dealkylation sites (tertiary alicyclic amines) is 2. The molecule has 2 aliphatic rings. The summed E-state index contributed by atoms with van der Waals surface area (Å²) in [5.41, 5.74) is 2.09. The molecule has 0 radical (unpaired) electrons. The van der Waals surface area contributed by atoms with Crippen LogP contribution < -0.4 is 0 Å². The minimum absolute atomic E-state index is 0.0348. The zero-order valence-corrected chi connectivity index (χ0v) is 15.2. The quantitative estimate of drug-likeness (QED) is 0.795. The molecule has 1 aromatic heterocycles. The molecule has 1 amide bonds. The molecule has 0 aliphatic carbocycles. The Kier molecular flexibility index (Phi) is 4.41. The molecular weight excluding hydrogens is 326 g/mol. The fraction of sp³-hybridized carbons (Fsp3) is 0.429. The number of piperidine rings is 1. The van der Waals surface area contributed by atoms with Crippen LogP contribution in [0.15, 0.2) is 53.7 Å². The zero-order chi connectivity index (χ0) is 18.1. The van der Waals surface area contributed by atoms with Crippen LogP contribution in [0.4, 0.5) is 0 Å². The van der Waals surface area contributed by atoms with Crippen LogP contribution in [0, 0.1) is 12.8 Å². The molecule has 26 heavy (non-hydrogen) atoms. The van der Waals surface area contributed by atoms with E-state index in [-0.39, 0.29) is 11.3 Å². The van der Waals surface area contributed by atoms with Crippen molar-refractivity contribution in [2.24, 2.45) is 5.92 Å². The largest absolute Gasteiger partial charge is 0.361 e. The highest BCUT2D eigenvalue weighted by molar-refractivity contribution is 5.94. The predicted octanol–water partition coefficient (Wildman–Crippen LogP) is 2.88. The van der Waals surface area contributed by atoms with Crippen LogP contribution in [-0.4, -0.2) is 53.6 Å². The van der Waals surface area contributed by atoms with Gasteiger partial charge in [0.2, 0.25) is 0 Å². The Labute approximate surface area is 154 Å². The van der Waals surface area contributed by atoms with Crippen LogP contribution in [-0.2, 0) is 5.41 Å². The average molecular weight is 351 g/mol. The molecular formula is C21H25N3O2. The predicted molar refractivity (Wildman–Crippen MR) is 100 cm³/mol. The summed E-state index contributed by atoms with van der Waals surface area (Å²) in [6.45, 7) is 10.1. The lowest BCUT2D eigenvalue weighted by Crippen LogP contribution is -2.51. The number of fused-ring (bicyclic) bond motifs is 1. The Morgan fingerprint density at radius 1 is 1.38 bits per heavy atom. The molecule has 0 bridgehead atoms. The van der Waals surface area contributed by atoms with Crippen molar-refractivity contribution in [2.45, 2.75) is 18.8 Å². The second-order valence-corrected chi connectivity index (χ2v) is 7.50. The van der Waals surface area contributed by atoms with Gasteiger partial charge in [-0.05, 0) is 18.9 Å². The summed E-state index contributed by atoms with van der Waals surface area (Å²) in [5, 5.41) is 3.76. The number of hydrogen-bond acceptors (Lipinski definition) is 4. The van der Waals surface area contributed by atoms with E-state index in [2.05, 4.69) is 47.0 Å². The molecule has 0 unspecified atom stereocenters. The van der Waals surface area contributed by atoms with Gasteiger partial charge >= 0.3 is 0 Å². The molecule has 2 saturated heterocycles. The molecule has 136 valence electrons. The number of amides is 1. The van der Waals surface area contributed by atoms with Crippen molar-refractivity contribution in [3.05, 3.63) is 66.1 Å². The normalized spacial score (nSPS) is 25.9. The third-order valence-corrected chi connectivity index (χ3v) is 6.04. The second kappa shape index (κ2) is 6.72. The summed E-state index contributed by atoms with van der Waals surface area (Å²) >= 11 is 0. The molecule has 5 nitrogen and oxygen atoms in total. The number of nitrogens with zero attached hydrogens (tertiary/aromatic N) is 3. The van der Waals surface area contributed by atoms with E-state index in [1.54, 1.807) is 6.92 Å². The van der Waals surface area contributed by atoms with Gasteiger partial charge < -0.3 is 9.42 Å². The molecule has 0 spiro atoms. The molecule has 0 N–H and O–H groups in total. The number of aryl methyl sites for hydroxylation is 1. The lowest BCUT2D eigenvalue weighted by molar-refractivity contribution is 0.0601. The highest BCUT2D eigenvalue weighted by Gasteiger charge is 2.50. The van der Waals surface area contributed by atoms with Crippen molar-refractivity contribution >= 4 is 5.91 Å². The van der Waals surface area contributed by atoms with Gasteiger partial charge in [-0.1, -0.05) is 41.6 Å². The van der Waals surface area contributed by atoms with E-state index < -0.39 is 0 Å². The van der Waals surface area contributed by atoms with Gasteiger partial charge in [0, 0.05) is 44.1 Å². The van der Waals surface area contributed by atoms with E-state index in [1.165, 1.54) is 11.8 Å². The average Bonchev–Trinajstić information content (AvgIpc) is 3.25. The van der Waals surface area contributed by atoms with Gasteiger partial charge in [-0.25, -0.2) is 0 Å². The van der Waals surface area contributed by atoms with Gasteiger partial charge in [-0.3, -0.25) is 9.69 Å². The van der Waals surface area contributed by atoms with Gasteiger partial charge in [0.1, 0.15) is 11.3 Å². The van der Waals surface area contributed by atoms with E-state index >= 15 is 0 Å². The van der Waals surface area contributed by atoms with Crippen LogP contribution in [0.3, 0.4) is 0 Å². The summed E-state index contributed by atoms with van der Waals surface area (Å²) in [6, 6.07) is 10.8. The van der Waals surface area contributed by atoms with Gasteiger partial charge in [0.15, 0.2) is 0 Å². The van der Waals surface area contributed by atoms with E-state index in [9.17, 15) is 4.79 Å². The monoisotopic (exact) mass is 351 g/mol. The number of carbonyl (C=O) groups is 1. The molecule has 3 heterocycles. The summed E-state index contributed by atoms with van der Waals surface area (Å²) in [7, 11) is 0. The van der Waals surface area contributed by atoms with Crippen molar-refractivity contribution in [2.75, 3.05) is 32.7 Å². The summed E-state index contributed by atoms with van der Waals surface area (Å²) < 4.78 is 5.08.